The molecule has 3 aromatic heterocycles. The average molecular weight is 461 g/mol. The molecule has 0 fully saturated rings. The molecule has 0 atom stereocenters. The van der Waals surface area contributed by atoms with Crippen molar-refractivity contribution in [3.8, 4) is 0 Å². The number of ether oxygens (including phenoxy) is 1. The second-order valence-corrected chi connectivity index (χ2v) is 9.26. The molecule has 0 spiro atoms. The van der Waals surface area contributed by atoms with Crippen LogP contribution in [0.2, 0.25) is 0 Å². The van der Waals surface area contributed by atoms with Gasteiger partial charge in [0.2, 0.25) is 0 Å². The normalized spacial score (nSPS) is 13.0. The summed E-state index contributed by atoms with van der Waals surface area (Å²) in [6.07, 6.45) is 3.80. The van der Waals surface area contributed by atoms with Crippen LogP contribution < -0.4 is 5.32 Å². The Labute approximate surface area is 185 Å². The van der Waals surface area contributed by atoms with Crippen LogP contribution in [-0.4, -0.2) is 33.7 Å². The number of nitrogens with one attached hydrogen (secondary N) is 1. The van der Waals surface area contributed by atoms with Gasteiger partial charge in [0.15, 0.2) is 0 Å². The second kappa shape index (κ2) is 8.60. The number of nitrogens with zero attached hydrogens (tertiary/aromatic N) is 3. The first-order valence-electron chi connectivity index (χ1n) is 9.67. The lowest BCUT2D eigenvalue weighted by atomic mass is 9.95. The number of aromatic nitrogens is 2. The third-order valence-electron chi connectivity index (χ3n) is 5.15. The highest BCUT2D eigenvalue weighted by Crippen LogP contribution is 2.39. The van der Waals surface area contributed by atoms with Crippen molar-refractivity contribution in [1.82, 2.24) is 9.78 Å². The zero-order chi connectivity index (χ0) is 22.1. The number of carbonyl (C=O) groups is 2. The number of anilines is 1. The number of amides is 1. The molecule has 0 unspecified atom stereocenters. The summed E-state index contributed by atoms with van der Waals surface area (Å²) in [5, 5.41) is 20.1. The minimum atomic E-state index is -0.532. The van der Waals surface area contributed by atoms with E-state index in [0.717, 1.165) is 41.7 Å². The van der Waals surface area contributed by atoms with Gasteiger partial charge in [0.1, 0.15) is 5.00 Å². The molecule has 3 heterocycles. The van der Waals surface area contributed by atoms with Gasteiger partial charge in [-0.05, 0) is 60.1 Å². The molecule has 1 amide bonds. The summed E-state index contributed by atoms with van der Waals surface area (Å²) in [4.78, 5) is 37.2. The van der Waals surface area contributed by atoms with Crippen molar-refractivity contribution >= 4 is 45.4 Å². The summed E-state index contributed by atoms with van der Waals surface area (Å²) in [5.41, 5.74) is 2.93. The fourth-order valence-electron chi connectivity index (χ4n) is 3.63. The molecule has 0 bridgehead atoms. The Morgan fingerprint density at radius 2 is 2.10 bits per heavy atom. The second-order valence-electron chi connectivity index (χ2n) is 7.24. The topological polar surface area (TPSA) is 116 Å². The van der Waals surface area contributed by atoms with E-state index in [1.165, 1.54) is 40.5 Å². The van der Waals surface area contributed by atoms with Gasteiger partial charge in [-0.3, -0.25) is 4.79 Å². The third-order valence-corrected chi connectivity index (χ3v) is 7.34. The Bertz CT molecular complexity index is 1180. The quantitative estimate of drug-likeness (QED) is 0.335. The molecule has 9 nitrogen and oxygen atoms in total. The number of esters is 1. The van der Waals surface area contributed by atoms with Gasteiger partial charge in [-0.2, -0.15) is 4.68 Å². The summed E-state index contributed by atoms with van der Waals surface area (Å²) in [5.74, 6) is -0.941. The highest BCUT2D eigenvalue weighted by molar-refractivity contribution is 7.17. The number of thiophene rings is 2. The Kier molecular flexibility index (Phi) is 5.88. The average Bonchev–Trinajstić information content (AvgIpc) is 3.45. The number of methoxy groups -OCH3 is 1. The van der Waals surface area contributed by atoms with Crippen LogP contribution in [0.3, 0.4) is 0 Å². The Balaban J connectivity index is 1.53. The van der Waals surface area contributed by atoms with E-state index in [2.05, 4.69) is 10.4 Å². The molecular weight excluding hydrogens is 440 g/mol. The Morgan fingerprint density at radius 1 is 1.32 bits per heavy atom. The standard InChI is InChI=1S/C20H20N4O5S2/c1-11-7-16(24(27)28)22-23(11)9-12-8-15(30-10-12)18(25)21-19-17(20(26)29-2)13-5-3-4-6-14(13)31-19/h7-8,10H,3-6,9H2,1-2H3,(H,21,25). The molecule has 31 heavy (non-hydrogen) atoms. The molecule has 11 heteroatoms. The zero-order valence-electron chi connectivity index (χ0n) is 17.0. The first kappa shape index (κ1) is 21.2. The van der Waals surface area contributed by atoms with Crippen molar-refractivity contribution < 1.29 is 19.2 Å². The predicted octanol–water partition coefficient (Wildman–Crippen LogP) is 4.19. The molecular formula is C20H20N4O5S2. The summed E-state index contributed by atoms with van der Waals surface area (Å²) in [7, 11) is 1.34. The number of carbonyl (C=O) groups excluding carboxylic acids is 2. The minimum Gasteiger partial charge on any atom is -0.465 e. The summed E-state index contributed by atoms with van der Waals surface area (Å²) >= 11 is 2.71. The molecule has 1 aliphatic carbocycles. The van der Waals surface area contributed by atoms with Gasteiger partial charge in [-0.1, -0.05) is 0 Å². The first-order chi connectivity index (χ1) is 14.9. The van der Waals surface area contributed by atoms with Crippen LogP contribution in [0.25, 0.3) is 0 Å². The maximum atomic E-state index is 12.9. The Hall–Kier alpha value is -3.05. The maximum absolute atomic E-state index is 12.9. The van der Waals surface area contributed by atoms with E-state index < -0.39 is 10.9 Å². The van der Waals surface area contributed by atoms with Crippen LogP contribution >= 0.6 is 22.7 Å². The van der Waals surface area contributed by atoms with Gasteiger partial charge in [0.05, 0.1) is 41.0 Å². The molecule has 162 valence electrons. The lowest BCUT2D eigenvalue weighted by Gasteiger charge is -2.11. The summed E-state index contributed by atoms with van der Waals surface area (Å²) < 4.78 is 6.48. The van der Waals surface area contributed by atoms with E-state index >= 15 is 0 Å². The molecule has 0 saturated heterocycles. The van der Waals surface area contributed by atoms with Gasteiger partial charge in [0.25, 0.3) is 5.91 Å². The molecule has 4 rings (SSSR count). The van der Waals surface area contributed by atoms with Gasteiger partial charge >= 0.3 is 11.8 Å². The van der Waals surface area contributed by atoms with Crippen molar-refractivity contribution in [3.63, 3.8) is 0 Å². The zero-order valence-corrected chi connectivity index (χ0v) is 18.6. The van der Waals surface area contributed by atoms with Gasteiger partial charge in [-0.25, -0.2) is 4.79 Å². The molecule has 1 aliphatic rings. The fourth-order valence-corrected chi connectivity index (χ4v) is 5.70. The molecule has 0 aliphatic heterocycles. The van der Waals surface area contributed by atoms with Crippen molar-refractivity contribution in [3.05, 3.63) is 59.8 Å². The molecule has 3 aromatic rings. The smallest absolute Gasteiger partial charge is 0.390 e. The van der Waals surface area contributed by atoms with E-state index in [9.17, 15) is 19.7 Å². The van der Waals surface area contributed by atoms with Crippen LogP contribution in [0.1, 0.15) is 54.6 Å². The van der Waals surface area contributed by atoms with Crippen LogP contribution in [-0.2, 0) is 24.1 Å². The largest absolute Gasteiger partial charge is 0.465 e. The number of rotatable bonds is 6. The molecule has 0 saturated carbocycles. The number of aryl methyl sites for hydroxylation is 2. The van der Waals surface area contributed by atoms with E-state index in [1.54, 1.807) is 13.0 Å². The Morgan fingerprint density at radius 3 is 2.81 bits per heavy atom. The maximum Gasteiger partial charge on any atom is 0.390 e. The summed E-state index contributed by atoms with van der Waals surface area (Å²) in [6.45, 7) is 2.07. The van der Waals surface area contributed by atoms with Gasteiger partial charge in [-0.15, -0.1) is 22.7 Å². The van der Waals surface area contributed by atoms with E-state index in [4.69, 9.17) is 4.74 Å². The minimum absolute atomic E-state index is 0.206. The van der Waals surface area contributed by atoms with Crippen LogP contribution in [0.5, 0.6) is 0 Å². The predicted molar refractivity (Wildman–Crippen MR) is 117 cm³/mol. The molecule has 1 N–H and O–H groups in total. The van der Waals surface area contributed by atoms with E-state index in [-0.39, 0.29) is 11.7 Å². The number of hydrogen-bond acceptors (Lipinski definition) is 8. The van der Waals surface area contributed by atoms with Crippen molar-refractivity contribution in [2.24, 2.45) is 0 Å². The number of nitro groups is 1. The monoisotopic (exact) mass is 460 g/mol. The van der Waals surface area contributed by atoms with Crippen molar-refractivity contribution in [2.45, 2.75) is 39.2 Å². The van der Waals surface area contributed by atoms with E-state index in [1.807, 2.05) is 5.38 Å². The lowest BCUT2D eigenvalue weighted by molar-refractivity contribution is -0.389. The molecule has 0 radical (unpaired) electrons. The van der Waals surface area contributed by atoms with Crippen LogP contribution in [0.4, 0.5) is 10.8 Å². The van der Waals surface area contributed by atoms with Gasteiger partial charge in [0, 0.05) is 4.88 Å². The molecule has 0 aromatic carbocycles. The van der Waals surface area contributed by atoms with Gasteiger partial charge < -0.3 is 20.2 Å². The number of fused-ring (bicyclic) bond motifs is 1. The van der Waals surface area contributed by atoms with Crippen LogP contribution in [0, 0.1) is 17.0 Å². The van der Waals surface area contributed by atoms with Crippen LogP contribution in [0.15, 0.2) is 17.5 Å². The third kappa shape index (κ3) is 4.23. The number of hydrogen-bond donors (Lipinski definition) is 1. The SMILES string of the molecule is COC(=O)c1c(NC(=O)c2cc(Cn3nc([N+](=O)[O-])cc3C)cs2)sc2c1CCCC2. The van der Waals surface area contributed by atoms with E-state index in [0.29, 0.717) is 27.7 Å². The summed E-state index contributed by atoms with van der Waals surface area (Å²) in [6, 6.07) is 3.14. The lowest BCUT2D eigenvalue weighted by Crippen LogP contribution is -2.14. The highest BCUT2D eigenvalue weighted by atomic mass is 32.1. The highest BCUT2D eigenvalue weighted by Gasteiger charge is 2.27. The van der Waals surface area contributed by atoms with Crippen molar-refractivity contribution in [1.29, 1.82) is 0 Å². The fraction of sp³-hybridized carbons (Fsp3) is 0.350. The van der Waals surface area contributed by atoms with Crippen molar-refractivity contribution in [2.75, 3.05) is 12.4 Å². The first-order valence-corrected chi connectivity index (χ1v) is 11.4.